The Hall–Kier alpha value is -2.33. The van der Waals surface area contributed by atoms with Gasteiger partial charge in [0.05, 0.1) is 11.2 Å². The average Bonchev–Trinajstić information content (AvgIpc) is 3.05. The van der Waals surface area contributed by atoms with Gasteiger partial charge in [0.15, 0.2) is 0 Å². The summed E-state index contributed by atoms with van der Waals surface area (Å²) in [5, 5.41) is 0. The number of hydrogen-bond donors (Lipinski definition) is 0. The van der Waals surface area contributed by atoms with E-state index in [1.807, 2.05) is 46.0 Å². The van der Waals surface area contributed by atoms with Crippen LogP contribution in [-0.2, 0) is 18.8 Å². The number of aromatic nitrogens is 1. The van der Waals surface area contributed by atoms with Gasteiger partial charge in [-0.1, -0.05) is 6.07 Å². The van der Waals surface area contributed by atoms with Crippen LogP contribution in [0, 0.1) is 17.8 Å². The highest BCUT2D eigenvalue weighted by Crippen LogP contribution is 2.52. The van der Waals surface area contributed by atoms with Crippen molar-refractivity contribution in [3.63, 3.8) is 0 Å². The molecule has 9 nitrogen and oxygen atoms in total. The van der Waals surface area contributed by atoms with Crippen molar-refractivity contribution in [3.8, 4) is 0 Å². The number of amides is 2. The van der Waals surface area contributed by atoms with Crippen LogP contribution in [0.1, 0.15) is 69.2 Å². The predicted molar refractivity (Wildman–Crippen MR) is 142 cm³/mol. The van der Waals surface area contributed by atoms with E-state index < -0.39 is 41.7 Å². The first-order valence-corrected chi connectivity index (χ1v) is 13.2. The second-order valence-corrected chi connectivity index (χ2v) is 13.5. The number of piperidine rings is 1. The van der Waals surface area contributed by atoms with E-state index in [2.05, 4.69) is 9.88 Å². The monoisotopic (exact) mass is 515 g/mol. The van der Waals surface area contributed by atoms with E-state index in [4.69, 9.17) is 18.8 Å². The van der Waals surface area contributed by atoms with Crippen LogP contribution in [0.5, 0.6) is 0 Å². The van der Waals surface area contributed by atoms with Crippen LogP contribution >= 0.6 is 0 Å². The molecule has 1 unspecified atom stereocenters. The van der Waals surface area contributed by atoms with Gasteiger partial charge in [0.2, 0.25) is 0 Å². The molecule has 3 heterocycles. The third-order valence-corrected chi connectivity index (χ3v) is 7.61. The number of hydrogen-bond acceptors (Lipinski definition) is 8. The molecule has 204 valence electrons. The number of carbonyl (C=O) groups is 2. The van der Waals surface area contributed by atoms with Crippen molar-refractivity contribution < 1.29 is 28.4 Å². The Labute approximate surface area is 221 Å². The Bertz CT molecular complexity index is 974. The van der Waals surface area contributed by atoms with Gasteiger partial charge in [0.25, 0.3) is 0 Å². The minimum atomic E-state index is -0.703. The molecule has 0 spiro atoms. The zero-order chi connectivity index (χ0) is 27.6. The standard InChI is InChI=1S/C27H42BN3O6/c1-24(2,3)34-22(32)31(23(33)35-25(4,5)6)16-20-18-14-30(15-19(18)20)21-12-11-17(13-29-21)28-36-26(7,8)27(9,10)37-28/h11-13,18-20H,14-16H2,1-10H3/t18-,19+,20?. The molecule has 2 amide bonds. The van der Waals surface area contributed by atoms with Gasteiger partial charge in [-0.2, -0.15) is 0 Å². The average molecular weight is 515 g/mol. The van der Waals surface area contributed by atoms with Crippen molar-refractivity contribution in [2.45, 2.75) is 91.6 Å². The predicted octanol–water partition coefficient (Wildman–Crippen LogP) is 4.24. The fourth-order valence-corrected chi connectivity index (χ4v) is 4.88. The summed E-state index contributed by atoms with van der Waals surface area (Å²) in [6, 6.07) is 4.02. The van der Waals surface area contributed by atoms with Gasteiger partial charge in [-0.3, -0.25) is 0 Å². The highest BCUT2D eigenvalue weighted by Gasteiger charge is 2.57. The van der Waals surface area contributed by atoms with Gasteiger partial charge in [-0.15, -0.1) is 0 Å². The summed E-state index contributed by atoms with van der Waals surface area (Å²) in [6.07, 6.45) is 0.498. The molecule has 37 heavy (non-hydrogen) atoms. The Morgan fingerprint density at radius 2 is 1.46 bits per heavy atom. The first kappa shape index (κ1) is 27.7. The van der Waals surface area contributed by atoms with Crippen LogP contribution in [0.25, 0.3) is 0 Å². The van der Waals surface area contributed by atoms with Gasteiger partial charge in [0.1, 0.15) is 17.0 Å². The van der Waals surface area contributed by atoms with Crippen molar-refractivity contribution in [2.24, 2.45) is 17.8 Å². The third-order valence-electron chi connectivity index (χ3n) is 7.61. The van der Waals surface area contributed by atoms with E-state index in [0.29, 0.717) is 18.4 Å². The van der Waals surface area contributed by atoms with Crippen LogP contribution in [0.2, 0.25) is 0 Å². The molecule has 3 aliphatic rings. The molecule has 0 N–H and O–H groups in total. The molecule has 2 saturated heterocycles. The molecular formula is C27H42BN3O6. The van der Waals surface area contributed by atoms with Crippen LogP contribution in [-0.4, -0.2) is 71.2 Å². The zero-order valence-corrected chi connectivity index (χ0v) is 24.0. The second kappa shape index (κ2) is 9.15. The summed E-state index contributed by atoms with van der Waals surface area (Å²) in [5.74, 6) is 1.90. The van der Waals surface area contributed by atoms with E-state index >= 15 is 0 Å². The lowest BCUT2D eigenvalue weighted by atomic mass is 9.80. The minimum Gasteiger partial charge on any atom is -0.443 e. The summed E-state index contributed by atoms with van der Waals surface area (Å²) < 4.78 is 23.3. The molecule has 2 aliphatic heterocycles. The van der Waals surface area contributed by atoms with Crippen molar-refractivity contribution in [3.05, 3.63) is 18.3 Å². The Balaban J connectivity index is 1.36. The lowest BCUT2D eigenvalue weighted by Crippen LogP contribution is -2.45. The Morgan fingerprint density at radius 1 is 0.973 bits per heavy atom. The van der Waals surface area contributed by atoms with E-state index in [9.17, 15) is 9.59 Å². The smallest absolute Gasteiger partial charge is 0.443 e. The van der Waals surface area contributed by atoms with Crippen LogP contribution in [0.4, 0.5) is 15.4 Å². The molecule has 0 radical (unpaired) electrons. The van der Waals surface area contributed by atoms with Gasteiger partial charge in [-0.05, 0) is 93.1 Å². The summed E-state index contributed by atoms with van der Waals surface area (Å²) in [4.78, 5) is 33.7. The largest absolute Gasteiger partial charge is 0.496 e. The Kier molecular flexibility index (Phi) is 6.85. The fraction of sp³-hybridized carbons (Fsp3) is 0.741. The fourth-order valence-electron chi connectivity index (χ4n) is 4.88. The maximum Gasteiger partial charge on any atom is 0.496 e. The number of pyridine rings is 1. The molecule has 0 bridgehead atoms. The molecule has 1 aromatic heterocycles. The first-order valence-electron chi connectivity index (χ1n) is 13.2. The van der Waals surface area contributed by atoms with Crippen LogP contribution in [0.3, 0.4) is 0 Å². The summed E-state index contributed by atoms with van der Waals surface area (Å²) in [5.41, 5.74) is -1.30. The molecule has 4 rings (SSSR count). The molecule has 3 atom stereocenters. The van der Waals surface area contributed by atoms with Crippen molar-refractivity contribution >= 4 is 30.6 Å². The highest BCUT2D eigenvalue weighted by molar-refractivity contribution is 6.62. The summed E-state index contributed by atoms with van der Waals surface area (Å²) in [6.45, 7) is 20.8. The summed E-state index contributed by atoms with van der Waals surface area (Å²) in [7, 11) is -0.436. The number of ether oxygens (including phenoxy) is 2. The van der Waals surface area contributed by atoms with Gasteiger partial charge in [-0.25, -0.2) is 19.5 Å². The molecule has 0 aromatic carbocycles. The number of carbonyl (C=O) groups excluding carboxylic acids is 2. The number of fused-ring (bicyclic) bond motifs is 1. The van der Waals surface area contributed by atoms with Gasteiger partial charge >= 0.3 is 19.3 Å². The third kappa shape index (κ3) is 6.06. The van der Waals surface area contributed by atoms with Crippen LogP contribution < -0.4 is 10.4 Å². The number of rotatable bonds is 4. The topological polar surface area (TPSA) is 90.4 Å². The molecule has 1 aromatic rings. The second-order valence-electron chi connectivity index (χ2n) is 13.5. The van der Waals surface area contributed by atoms with E-state index in [1.54, 1.807) is 41.5 Å². The normalized spacial score (nSPS) is 26.1. The zero-order valence-electron chi connectivity index (χ0n) is 24.0. The van der Waals surface area contributed by atoms with E-state index in [-0.39, 0.29) is 5.92 Å². The molecule has 1 aliphatic carbocycles. The Morgan fingerprint density at radius 3 is 1.86 bits per heavy atom. The molecule has 3 fully saturated rings. The van der Waals surface area contributed by atoms with E-state index in [0.717, 1.165) is 29.3 Å². The lowest BCUT2D eigenvalue weighted by Gasteiger charge is -2.32. The number of imide groups is 1. The molecule has 1 saturated carbocycles. The highest BCUT2D eigenvalue weighted by atomic mass is 16.7. The molecular weight excluding hydrogens is 473 g/mol. The van der Waals surface area contributed by atoms with E-state index in [1.165, 1.54) is 0 Å². The van der Waals surface area contributed by atoms with Crippen molar-refractivity contribution in [1.29, 1.82) is 0 Å². The quantitative estimate of drug-likeness (QED) is 0.551. The number of nitrogens with zero attached hydrogens (tertiary/aromatic N) is 3. The van der Waals surface area contributed by atoms with Crippen molar-refractivity contribution in [2.75, 3.05) is 24.5 Å². The lowest BCUT2D eigenvalue weighted by molar-refractivity contribution is 0.0000773. The van der Waals surface area contributed by atoms with Crippen LogP contribution in [0.15, 0.2) is 18.3 Å². The maximum absolute atomic E-state index is 12.8. The van der Waals surface area contributed by atoms with Gasteiger partial charge in [0, 0.05) is 31.3 Å². The summed E-state index contributed by atoms with van der Waals surface area (Å²) >= 11 is 0. The number of anilines is 1. The first-order chi connectivity index (χ1) is 16.9. The molecule has 10 heteroatoms. The van der Waals surface area contributed by atoms with Gasteiger partial charge < -0.3 is 23.7 Å². The van der Waals surface area contributed by atoms with Crippen molar-refractivity contribution in [1.82, 2.24) is 9.88 Å². The maximum atomic E-state index is 12.8. The SMILES string of the molecule is CC(C)(C)OC(=O)N(CC1[C@H]2CN(c3ccc(B4OC(C)(C)C(C)(C)O4)cn3)C[C@@H]12)C(=O)OC(C)(C)C. The minimum absolute atomic E-state index is 0.223.